The van der Waals surface area contributed by atoms with E-state index >= 15 is 0 Å². The highest BCUT2D eigenvalue weighted by molar-refractivity contribution is 6.21. The van der Waals surface area contributed by atoms with Crippen molar-refractivity contribution < 1.29 is 0 Å². The topological polar surface area (TPSA) is 6.48 Å². The molecular formula is C84H132B2N2. The molecule has 19 atom stereocenters. The van der Waals surface area contributed by atoms with Crippen molar-refractivity contribution in [2.75, 3.05) is 0 Å². The number of hydrogen-bond acceptors (Lipinski definition) is 2. The first-order chi connectivity index (χ1) is 43.0. The lowest BCUT2D eigenvalue weighted by Gasteiger charge is -2.47. The highest BCUT2D eigenvalue weighted by atomic mass is 15.2. The normalized spacial score (nSPS) is 35.1. The SMILES string of the molecule is [B]C1=CCC(N(C(C)CCC(C=C)C2CCCCC2)C2C=CC(C3C=CC(C4CC(CCCCCC)C(C5C=CC(C6C=CC(N(C7=CCC([B])CC7)C(C)C/C=C(\CC)C7CC=CCC7)CC6)C(CC)C5)C=C4CCCCCC)CC3CC)CC2)CC1. The molecule has 0 heterocycles. The van der Waals surface area contributed by atoms with Crippen molar-refractivity contribution in [2.24, 2.45) is 82.9 Å². The van der Waals surface area contributed by atoms with E-state index < -0.39 is 0 Å². The maximum absolute atomic E-state index is 6.53. The Hall–Kier alpha value is -2.71. The molecule has 9 aliphatic carbocycles. The van der Waals surface area contributed by atoms with Crippen molar-refractivity contribution in [3.63, 3.8) is 0 Å². The van der Waals surface area contributed by atoms with Crippen LogP contribution in [0.3, 0.4) is 0 Å². The summed E-state index contributed by atoms with van der Waals surface area (Å²) >= 11 is 0. The third-order valence-electron chi connectivity index (χ3n) is 25.7. The standard InChI is InChI=1S/C84H132B2N2/c1-9-15-17-21-31-71-59-84(74-42-56-82(66(14-6)58-74)70-39-49-78(50-40-70)88(80-53-45-76(86)46-54-80)62(8)34-36-64(12-4)68-29-25-20-26-30-68)72(32-22-18-16-10-2)60-83(71)73-41-55-81(65(13-5)57-73)69-37-47-77(48-38-69)87(79-51-43-75(85)44-52-79)61(7)33-35-63(11-3)67-27-23-19-24-28-67/h11,20,25,36-37,39,41-43,47,49,53,55-56,59,61-63,65-70,72-74,76-79,81-84H,3,9-10,12-19,21-24,26-35,38,40,44-46,48,50-52,54,57-58,60H2,1-2,4-8H3/b64-36+. The van der Waals surface area contributed by atoms with Crippen LogP contribution in [0, 0.1) is 82.9 Å². The molecule has 4 heteroatoms. The van der Waals surface area contributed by atoms with Crippen LogP contribution >= 0.6 is 0 Å². The first kappa shape index (κ1) is 69.6. The van der Waals surface area contributed by atoms with E-state index in [-0.39, 0.29) is 0 Å². The monoisotopic (exact) mass is 1190 g/mol. The molecule has 4 radical (unpaired) electrons. The average Bonchev–Trinajstić information content (AvgIpc) is 1.54. The van der Waals surface area contributed by atoms with Crippen LogP contribution in [0.15, 0.2) is 120 Å². The van der Waals surface area contributed by atoms with Crippen LogP contribution in [-0.4, -0.2) is 55.7 Å². The molecule has 484 valence electrons. The van der Waals surface area contributed by atoms with Crippen LogP contribution in [0.5, 0.6) is 0 Å². The van der Waals surface area contributed by atoms with Crippen LogP contribution in [-0.2, 0) is 0 Å². The molecule has 0 N–H and O–H groups in total. The predicted octanol–water partition coefficient (Wildman–Crippen LogP) is 23.5. The van der Waals surface area contributed by atoms with Gasteiger partial charge in [-0.25, -0.2) is 0 Å². The summed E-state index contributed by atoms with van der Waals surface area (Å²) in [5.74, 6) is 10.3. The van der Waals surface area contributed by atoms with E-state index in [4.69, 9.17) is 15.7 Å². The second-order valence-corrected chi connectivity index (χ2v) is 31.2. The number of nitrogens with zero attached hydrogens (tertiary/aromatic N) is 2. The number of hydrogen-bond donors (Lipinski definition) is 0. The lowest BCUT2D eigenvalue weighted by molar-refractivity contribution is 0.0768. The van der Waals surface area contributed by atoms with Gasteiger partial charge in [-0.2, -0.15) is 0 Å². The molecule has 0 saturated heterocycles. The Labute approximate surface area is 547 Å². The molecule has 0 aromatic rings. The molecule has 0 aromatic heterocycles. The summed E-state index contributed by atoms with van der Waals surface area (Å²) in [6.45, 7) is 21.8. The summed E-state index contributed by atoms with van der Waals surface area (Å²) in [5.41, 5.74) is 6.26. The van der Waals surface area contributed by atoms with Gasteiger partial charge in [0, 0.05) is 35.9 Å². The number of unbranched alkanes of at least 4 members (excludes halogenated alkanes) is 6. The zero-order chi connectivity index (χ0) is 61.8. The van der Waals surface area contributed by atoms with E-state index in [1.165, 1.54) is 199 Å². The lowest BCUT2D eigenvalue weighted by atomic mass is 9.59. The molecule has 0 aromatic carbocycles. The summed E-state index contributed by atoms with van der Waals surface area (Å²) in [6.07, 6.45) is 88.0. The first-order valence-corrected chi connectivity index (χ1v) is 38.9. The predicted molar refractivity (Wildman–Crippen MR) is 386 cm³/mol. The molecule has 0 amide bonds. The molecule has 1 saturated carbocycles. The third-order valence-corrected chi connectivity index (χ3v) is 25.7. The van der Waals surface area contributed by atoms with Gasteiger partial charge in [0.1, 0.15) is 7.85 Å². The average molecular weight is 1190 g/mol. The van der Waals surface area contributed by atoms with Crippen molar-refractivity contribution in [1.29, 1.82) is 0 Å². The van der Waals surface area contributed by atoms with Crippen molar-refractivity contribution >= 4 is 15.7 Å². The Kier molecular flexibility index (Phi) is 28.6. The van der Waals surface area contributed by atoms with Gasteiger partial charge in [0.25, 0.3) is 0 Å². The lowest BCUT2D eigenvalue weighted by Crippen LogP contribution is -2.49. The maximum atomic E-state index is 6.53. The first-order valence-electron chi connectivity index (χ1n) is 38.9. The molecule has 0 spiro atoms. The molecule has 88 heavy (non-hydrogen) atoms. The Morgan fingerprint density at radius 1 is 0.614 bits per heavy atom. The quantitative estimate of drug-likeness (QED) is 0.0388. The van der Waals surface area contributed by atoms with Crippen LogP contribution in [0.1, 0.15) is 286 Å². The molecule has 0 aliphatic heterocycles. The summed E-state index contributed by atoms with van der Waals surface area (Å²) in [4.78, 5) is 5.87. The van der Waals surface area contributed by atoms with Crippen LogP contribution < -0.4 is 0 Å². The van der Waals surface area contributed by atoms with Crippen molar-refractivity contribution in [2.45, 2.75) is 322 Å². The molecule has 9 aliphatic rings. The molecule has 2 nitrogen and oxygen atoms in total. The summed E-state index contributed by atoms with van der Waals surface area (Å²) < 4.78 is 0. The minimum Gasteiger partial charge on any atom is -0.366 e. The van der Waals surface area contributed by atoms with Crippen LogP contribution in [0.4, 0.5) is 0 Å². The van der Waals surface area contributed by atoms with Crippen molar-refractivity contribution in [1.82, 2.24) is 9.80 Å². The summed E-state index contributed by atoms with van der Waals surface area (Å²) in [5, 5.41) is 0. The van der Waals surface area contributed by atoms with Gasteiger partial charge in [0.15, 0.2) is 0 Å². The van der Waals surface area contributed by atoms with Gasteiger partial charge >= 0.3 is 0 Å². The number of rotatable bonds is 31. The maximum Gasteiger partial charge on any atom is 0.107 e. The van der Waals surface area contributed by atoms with Crippen molar-refractivity contribution in [3.05, 3.63) is 120 Å². The Bertz CT molecular complexity index is 2370. The third kappa shape index (κ3) is 18.8. The molecule has 1 fully saturated rings. The van der Waals surface area contributed by atoms with Gasteiger partial charge in [-0.1, -0.05) is 226 Å². The van der Waals surface area contributed by atoms with Gasteiger partial charge in [0.2, 0.25) is 0 Å². The molecule has 19 unspecified atom stereocenters. The van der Waals surface area contributed by atoms with E-state index in [9.17, 15) is 0 Å². The van der Waals surface area contributed by atoms with E-state index in [2.05, 4.69) is 156 Å². The minimum absolute atomic E-state index is 0.314. The van der Waals surface area contributed by atoms with Crippen molar-refractivity contribution in [3.8, 4) is 0 Å². The summed E-state index contributed by atoms with van der Waals surface area (Å²) in [6, 6.07) is 2.67. The number of allylic oxidation sites excluding steroid dienone is 15. The van der Waals surface area contributed by atoms with E-state index in [1.807, 2.05) is 5.57 Å². The highest BCUT2D eigenvalue weighted by Crippen LogP contribution is 2.53. The smallest absolute Gasteiger partial charge is 0.107 e. The second kappa shape index (κ2) is 36.1. The Morgan fingerprint density at radius 3 is 1.92 bits per heavy atom. The largest absolute Gasteiger partial charge is 0.366 e. The Balaban J connectivity index is 0.899. The fraction of sp³-hybridized carbons (Fsp3) is 0.762. The molecule has 0 bridgehead atoms. The minimum atomic E-state index is 0.314. The molecular weight excluding hydrogens is 1060 g/mol. The summed E-state index contributed by atoms with van der Waals surface area (Å²) in [7, 11) is 13.0. The van der Waals surface area contributed by atoms with Crippen LogP contribution in [0.2, 0.25) is 5.82 Å². The Morgan fingerprint density at radius 2 is 1.31 bits per heavy atom. The zero-order valence-corrected chi connectivity index (χ0v) is 58.1. The van der Waals surface area contributed by atoms with Gasteiger partial charge in [-0.05, 0) is 251 Å². The van der Waals surface area contributed by atoms with Crippen LogP contribution in [0.25, 0.3) is 0 Å². The van der Waals surface area contributed by atoms with Gasteiger partial charge < -0.3 is 4.90 Å². The highest BCUT2D eigenvalue weighted by Gasteiger charge is 2.44. The van der Waals surface area contributed by atoms with Gasteiger partial charge in [0.05, 0.1) is 7.85 Å². The van der Waals surface area contributed by atoms with Gasteiger partial charge in [-0.15, -0.1) is 12.1 Å². The van der Waals surface area contributed by atoms with Gasteiger partial charge in [-0.3, -0.25) is 4.90 Å². The fourth-order valence-corrected chi connectivity index (χ4v) is 20.3. The zero-order valence-electron chi connectivity index (χ0n) is 58.1. The second-order valence-electron chi connectivity index (χ2n) is 31.2. The van der Waals surface area contributed by atoms with E-state index in [0.29, 0.717) is 89.3 Å². The van der Waals surface area contributed by atoms with E-state index in [0.717, 1.165) is 73.6 Å². The van der Waals surface area contributed by atoms with E-state index in [1.54, 1.807) is 11.3 Å². The fourth-order valence-electron chi connectivity index (χ4n) is 20.3. The molecule has 9 rings (SSSR count).